The molecule has 0 radical (unpaired) electrons. The lowest BCUT2D eigenvalue weighted by Crippen LogP contribution is -2.23. The Labute approximate surface area is 108 Å². The number of nitrogens with two attached hydrogens (primary N) is 1. The monoisotopic (exact) mass is 256 g/mol. The average molecular weight is 256 g/mol. The minimum absolute atomic E-state index is 0.0469. The molecule has 1 aromatic rings. The third-order valence-electron chi connectivity index (χ3n) is 3.04. The van der Waals surface area contributed by atoms with Crippen LogP contribution in [0.15, 0.2) is 12.1 Å². The van der Waals surface area contributed by atoms with E-state index in [0.29, 0.717) is 18.5 Å². The van der Waals surface area contributed by atoms with Crippen LogP contribution >= 0.6 is 0 Å². The normalized spacial score (nSPS) is 12.6. The molecule has 0 saturated carbocycles. The molecule has 0 fully saturated rings. The predicted molar refractivity (Wildman–Crippen MR) is 71.9 cm³/mol. The number of anilines is 1. The van der Waals surface area contributed by atoms with Crippen LogP contribution in [0, 0.1) is 11.6 Å². The highest BCUT2D eigenvalue weighted by Crippen LogP contribution is 2.24. The topological polar surface area (TPSA) is 29.3 Å². The highest BCUT2D eigenvalue weighted by Gasteiger charge is 2.15. The Bertz CT molecular complexity index is 370. The minimum atomic E-state index is -0.510. The van der Waals surface area contributed by atoms with Crippen LogP contribution in [0.2, 0.25) is 0 Å². The van der Waals surface area contributed by atoms with Crippen molar-refractivity contribution in [2.75, 3.05) is 18.5 Å². The van der Waals surface area contributed by atoms with Crippen molar-refractivity contribution in [2.45, 2.75) is 39.2 Å². The van der Waals surface area contributed by atoms with Gasteiger partial charge in [-0.3, -0.25) is 0 Å². The van der Waals surface area contributed by atoms with Crippen molar-refractivity contribution in [3.63, 3.8) is 0 Å². The van der Waals surface area contributed by atoms with E-state index >= 15 is 0 Å². The van der Waals surface area contributed by atoms with E-state index in [1.54, 1.807) is 11.9 Å². The molecular weight excluding hydrogens is 234 g/mol. The first-order chi connectivity index (χ1) is 8.49. The second kappa shape index (κ2) is 6.69. The molecule has 0 aliphatic heterocycles. The molecule has 0 bridgehead atoms. The van der Waals surface area contributed by atoms with Gasteiger partial charge in [-0.1, -0.05) is 13.8 Å². The summed E-state index contributed by atoms with van der Waals surface area (Å²) in [5.74, 6) is -1.02. The van der Waals surface area contributed by atoms with Crippen molar-refractivity contribution in [2.24, 2.45) is 5.73 Å². The fraction of sp³-hybridized carbons (Fsp3) is 0.571. The van der Waals surface area contributed by atoms with Gasteiger partial charge in [0.05, 0.1) is 0 Å². The molecule has 0 heterocycles. The lowest BCUT2D eigenvalue weighted by molar-refractivity contribution is 0.567. The molecule has 4 heteroatoms. The van der Waals surface area contributed by atoms with Gasteiger partial charge >= 0.3 is 0 Å². The van der Waals surface area contributed by atoms with Crippen molar-refractivity contribution < 1.29 is 8.78 Å². The van der Waals surface area contributed by atoms with E-state index in [2.05, 4.69) is 0 Å². The third kappa shape index (κ3) is 3.67. The molecule has 0 amide bonds. The summed E-state index contributed by atoms with van der Waals surface area (Å²) in [4.78, 5) is 1.61. The first kappa shape index (κ1) is 14.9. The van der Waals surface area contributed by atoms with Crippen molar-refractivity contribution in [3.05, 3.63) is 29.3 Å². The van der Waals surface area contributed by atoms with E-state index in [9.17, 15) is 8.78 Å². The molecule has 1 rings (SSSR count). The number of rotatable bonds is 6. The molecule has 1 aromatic carbocycles. The number of hydrogen-bond donors (Lipinski definition) is 1. The van der Waals surface area contributed by atoms with Crippen molar-refractivity contribution in [3.8, 4) is 0 Å². The van der Waals surface area contributed by atoms with E-state index in [1.165, 1.54) is 12.1 Å². The molecule has 0 aliphatic rings. The average Bonchev–Trinajstić information content (AvgIpc) is 2.28. The van der Waals surface area contributed by atoms with E-state index in [1.807, 2.05) is 13.8 Å². The lowest BCUT2D eigenvalue weighted by Gasteiger charge is -2.20. The Morgan fingerprint density at radius 3 is 2.22 bits per heavy atom. The lowest BCUT2D eigenvalue weighted by atomic mass is 10.0. The molecule has 1 unspecified atom stereocenters. The maximum absolute atomic E-state index is 13.9. The number of halogens is 2. The van der Waals surface area contributed by atoms with Gasteiger partial charge in [0.2, 0.25) is 0 Å². The van der Waals surface area contributed by atoms with E-state index < -0.39 is 11.6 Å². The Kier molecular flexibility index (Phi) is 5.54. The highest BCUT2D eigenvalue weighted by molar-refractivity contribution is 5.50. The van der Waals surface area contributed by atoms with Crippen molar-refractivity contribution >= 4 is 5.69 Å². The first-order valence-electron chi connectivity index (χ1n) is 6.44. The molecule has 2 N–H and O–H groups in total. The zero-order valence-electron chi connectivity index (χ0n) is 11.3. The molecule has 102 valence electrons. The fourth-order valence-corrected chi connectivity index (χ4v) is 1.99. The van der Waals surface area contributed by atoms with Gasteiger partial charge < -0.3 is 10.6 Å². The number of benzene rings is 1. The minimum Gasteiger partial charge on any atom is -0.370 e. The van der Waals surface area contributed by atoms with Gasteiger partial charge in [-0.2, -0.15) is 0 Å². The summed E-state index contributed by atoms with van der Waals surface area (Å²) in [6, 6.07) is 2.73. The molecule has 0 aromatic heterocycles. The Morgan fingerprint density at radius 1 is 1.22 bits per heavy atom. The summed E-state index contributed by atoms with van der Waals surface area (Å²) in [5.41, 5.74) is 6.46. The summed E-state index contributed by atoms with van der Waals surface area (Å²) in [5, 5.41) is 0. The SMILES string of the molecule is CCCN(C)c1c(F)cc(CC(N)CC)cc1F. The van der Waals surface area contributed by atoms with Crippen molar-refractivity contribution in [1.29, 1.82) is 0 Å². The van der Waals surface area contributed by atoms with Gasteiger partial charge in [-0.05, 0) is 37.0 Å². The second-order valence-electron chi connectivity index (χ2n) is 4.70. The van der Waals surface area contributed by atoms with E-state index in [0.717, 1.165) is 12.8 Å². The zero-order chi connectivity index (χ0) is 13.7. The molecule has 0 spiro atoms. The first-order valence-corrected chi connectivity index (χ1v) is 6.44. The Balaban J connectivity index is 2.97. The van der Waals surface area contributed by atoms with Crippen LogP contribution in [0.25, 0.3) is 0 Å². The molecule has 1 atom stereocenters. The summed E-state index contributed by atoms with van der Waals surface area (Å²) >= 11 is 0. The second-order valence-corrected chi connectivity index (χ2v) is 4.70. The van der Waals surface area contributed by atoms with Gasteiger partial charge in [0.15, 0.2) is 0 Å². The van der Waals surface area contributed by atoms with Crippen LogP contribution < -0.4 is 10.6 Å². The maximum Gasteiger partial charge on any atom is 0.149 e. The summed E-state index contributed by atoms with van der Waals surface area (Å²) in [7, 11) is 1.70. The maximum atomic E-state index is 13.9. The Hall–Kier alpha value is -1.16. The largest absolute Gasteiger partial charge is 0.370 e. The van der Waals surface area contributed by atoms with Gasteiger partial charge in [0.1, 0.15) is 17.3 Å². The standard InChI is InChI=1S/C14H22F2N2/c1-4-6-18(3)14-12(15)8-10(9-13(14)16)7-11(17)5-2/h8-9,11H,4-7,17H2,1-3H3. The van der Waals surface area contributed by atoms with Crippen LogP contribution in [-0.4, -0.2) is 19.6 Å². The fourth-order valence-electron chi connectivity index (χ4n) is 1.99. The predicted octanol–water partition coefficient (Wildman–Crippen LogP) is 3.09. The summed E-state index contributed by atoms with van der Waals surface area (Å²) in [6.45, 7) is 4.56. The van der Waals surface area contributed by atoms with Crippen LogP contribution in [0.4, 0.5) is 14.5 Å². The quantitative estimate of drug-likeness (QED) is 0.847. The molecule has 18 heavy (non-hydrogen) atoms. The van der Waals surface area contributed by atoms with Crippen LogP contribution in [0.3, 0.4) is 0 Å². The van der Waals surface area contributed by atoms with Crippen molar-refractivity contribution in [1.82, 2.24) is 0 Å². The van der Waals surface area contributed by atoms with E-state index in [4.69, 9.17) is 5.73 Å². The van der Waals surface area contributed by atoms with Gasteiger partial charge in [0.25, 0.3) is 0 Å². The van der Waals surface area contributed by atoms with Gasteiger partial charge in [-0.25, -0.2) is 8.78 Å². The molecule has 0 saturated heterocycles. The van der Waals surface area contributed by atoms with Crippen LogP contribution in [-0.2, 0) is 6.42 Å². The molecular formula is C14H22F2N2. The third-order valence-corrected chi connectivity index (χ3v) is 3.04. The Morgan fingerprint density at radius 2 is 1.78 bits per heavy atom. The zero-order valence-corrected chi connectivity index (χ0v) is 11.3. The summed E-state index contributed by atoms with van der Waals surface area (Å²) in [6.07, 6.45) is 2.14. The smallest absolute Gasteiger partial charge is 0.149 e. The molecule has 0 aliphatic carbocycles. The number of hydrogen-bond acceptors (Lipinski definition) is 2. The number of nitrogens with zero attached hydrogens (tertiary/aromatic N) is 1. The van der Waals surface area contributed by atoms with E-state index in [-0.39, 0.29) is 11.7 Å². The molecule has 2 nitrogen and oxygen atoms in total. The highest BCUT2D eigenvalue weighted by atomic mass is 19.1. The van der Waals surface area contributed by atoms with Crippen LogP contribution in [0.5, 0.6) is 0 Å². The van der Waals surface area contributed by atoms with Gasteiger partial charge in [-0.15, -0.1) is 0 Å². The van der Waals surface area contributed by atoms with Crippen LogP contribution in [0.1, 0.15) is 32.3 Å². The van der Waals surface area contributed by atoms with Gasteiger partial charge in [0, 0.05) is 19.6 Å². The summed E-state index contributed by atoms with van der Waals surface area (Å²) < 4.78 is 27.8.